The summed E-state index contributed by atoms with van der Waals surface area (Å²) in [5.41, 5.74) is -0.172. The second kappa shape index (κ2) is 10.2. The van der Waals surface area contributed by atoms with Crippen molar-refractivity contribution in [2.45, 2.75) is 17.9 Å². The van der Waals surface area contributed by atoms with Gasteiger partial charge >= 0.3 is 5.97 Å². The van der Waals surface area contributed by atoms with E-state index in [0.717, 1.165) is 12.1 Å². The molecule has 0 aromatic heterocycles. The van der Waals surface area contributed by atoms with E-state index in [2.05, 4.69) is 10.0 Å². The molecule has 0 radical (unpaired) electrons. The van der Waals surface area contributed by atoms with Gasteiger partial charge in [0.25, 0.3) is 11.6 Å². The van der Waals surface area contributed by atoms with Crippen LogP contribution in [0.15, 0.2) is 47.4 Å². The number of amides is 1. The monoisotopic (exact) mass is 471 g/mol. The van der Waals surface area contributed by atoms with Gasteiger partial charge in [0.05, 0.1) is 27.6 Å². The SMILES string of the molecule is COc1ccc(S(=O)(=O)NC(C)C(=O)OCC(=O)Nc2ccc([N+](=O)[O-])cc2Cl)cc1. The molecule has 0 aliphatic carbocycles. The Labute approximate surface area is 182 Å². The van der Waals surface area contributed by atoms with Crippen LogP contribution < -0.4 is 14.8 Å². The zero-order chi connectivity index (χ0) is 23.2. The Morgan fingerprint density at radius 3 is 2.39 bits per heavy atom. The predicted octanol–water partition coefficient (Wildman–Crippen LogP) is 2.11. The largest absolute Gasteiger partial charge is 0.497 e. The molecule has 2 aromatic carbocycles. The van der Waals surface area contributed by atoms with Crippen LogP contribution in [-0.4, -0.2) is 45.0 Å². The van der Waals surface area contributed by atoms with Gasteiger partial charge in [0, 0.05) is 12.1 Å². The van der Waals surface area contributed by atoms with E-state index in [-0.39, 0.29) is 21.3 Å². The first-order valence-electron chi connectivity index (χ1n) is 8.60. The van der Waals surface area contributed by atoms with Crippen molar-refractivity contribution < 1.29 is 32.4 Å². The molecule has 1 unspecified atom stereocenters. The highest BCUT2D eigenvalue weighted by Gasteiger charge is 2.24. The van der Waals surface area contributed by atoms with Gasteiger partial charge in [-0.1, -0.05) is 11.6 Å². The number of non-ortho nitro benzene ring substituents is 1. The Kier molecular flexibility index (Phi) is 7.91. The second-order valence-corrected chi connectivity index (χ2v) is 8.22. The number of sulfonamides is 1. The number of nitro groups is 1. The first-order valence-corrected chi connectivity index (χ1v) is 10.5. The highest BCUT2D eigenvalue weighted by Crippen LogP contribution is 2.26. The van der Waals surface area contributed by atoms with Gasteiger partial charge in [-0.3, -0.25) is 19.7 Å². The number of ether oxygens (including phenoxy) is 2. The van der Waals surface area contributed by atoms with Crippen molar-refractivity contribution in [1.29, 1.82) is 0 Å². The molecule has 2 N–H and O–H groups in total. The van der Waals surface area contributed by atoms with Crippen molar-refractivity contribution in [3.63, 3.8) is 0 Å². The average molecular weight is 472 g/mol. The third kappa shape index (κ3) is 6.64. The highest BCUT2D eigenvalue weighted by molar-refractivity contribution is 7.89. The summed E-state index contributed by atoms with van der Waals surface area (Å²) in [6, 6.07) is 7.66. The minimum Gasteiger partial charge on any atom is -0.497 e. The van der Waals surface area contributed by atoms with Gasteiger partial charge in [0.15, 0.2) is 6.61 Å². The van der Waals surface area contributed by atoms with Crippen LogP contribution in [0.3, 0.4) is 0 Å². The number of hydrogen-bond acceptors (Lipinski definition) is 8. The molecule has 1 amide bonds. The molecular weight excluding hydrogens is 454 g/mol. The van der Waals surface area contributed by atoms with Crippen LogP contribution in [0.25, 0.3) is 0 Å². The lowest BCUT2D eigenvalue weighted by atomic mass is 10.3. The topological polar surface area (TPSA) is 154 Å². The Hall–Kier alpha value is -3.22. The van der Waals surface area contributed by atoms with E-state index >= 15 is 0 Å². The Balaban J connectivity index is 1.91. The second-order valence-electron chi connectivity index (χ2n) is 6.10. The number of nitrogens with zero attached hydrogens (tertiary/aromatic N) is 1. The van der Waals surface area contributed by atoms with E-state index in [0.29, 0.717) is 5.75 Å². The third-order valence-electron chi connectivity index (χ3n) is 3.84. The molecule has 0 aliphatic rings. The van der Waals surface area contributed by atoms with Gasteiger partial charge in [-0.15, -0.1) is 0 Å². The van der Waals surface area contributed by atoms with Crippen LogP contribution in [0.4, 0.5) is 11.4 Å². The number of halogens is 1. The molecule has 13 heteroatoms. The number of esters is 1. The molecule has 0 heterocycles. The van der Waals surface area contributed by atoms with E-state index in [4.69, 9.17) is 21.1 Å². The van der Waals surface area contributed by atoms with Crippen molar-refractivity contribution in [3.05, 3.63) is 57.6 Å². The molecule has 0 saturated heterocycles. The first kappa shape index (κ1) is 24.1. The summed E-state index contributed by atoms with van der Waals surface area (Å²) in [5.74, 6) is -1.29. The number of anilines is 1. The van der Waals surface area contributed by atoms with Crippen LogP contribution in [0.5, 0.6) is 5.75 Å². The number of carbonyl (C=O) groups is 2. The number of benzene rings is 2. The molecule has 2 aromatic rings. The number of hydrogen-bond donors (Lipinski definition) is 2. The Morgan fingerprint density at radius 2 is 1.84 bits per heavy atom. The molecule has 11 nitrogen and oxygen atoms in total. The molecule has 0 saturated carbocycles. The fourth-order valence-corrected chi connectivity index (χ4v) is 3.68. The number of nitro benzene ring substituents is 1. The van der Waals surface area contributed by atoms with Gasteiger partial charge in [-0.2, -0.15) is 4.72 Å². The molecule has 0 spiro atoms. The number of nitrogens with one attached hydrogen (secondary N) is 2. The predicted molar refractivity (Wildman–Crippen MR) is 110 cm³/mol. The maximum absolute atomic E-state index is 12.3. The van der Waals surface area contributed by atoms with Crippen molar-refractivity contribution in [2.75, 3.05) is 19.0 Å². The molecule has 1 atom stereocenters. The number of carbonyl (C=O) groups excluding carboxylic acids is 2. The highest BCUT2D eigenvalue weighted by atomic mass is 35.5. The molecule has 166 valence electrons. The van der Waals surface area contributed by atoms with Crippen molar-refractivity contribution in [3.8, 4) is 5.75 Å². The van der Waals surface area contributed by atoms with Gasteiger partial charge in [0.1, 0.15) is 11.8 Å². The average Bonchev–Trinajstić information content (AvgIpc) is 2.73. The summed E-state index contributed by atoms with van der Waals surface area (Å²) in [6.07, 6.45) is 0. The summed E-state index contributed by atoms with van der Waals surface area (Å²) in [5, 5.41) is 13.0. The molecule has 31 heavy (non-hydrogen) atoms. The molecule has 0 bridgehead atoms. The minimum absolute atomic E-state index is 0.0745. The zero-order valence-corrected chi connectivity index (χ0v) is 17.9. The summed E-state index contributed by atoms with van der Waals surface area (Å²) >= 11 is 5.87. The number of rotatable bonds is 9. The fraction of sp³-hybridized carbons (Fsp3) is 0.222. The summed E-state index contributed by atoms with van der Waals surface area (Å²) in [7, 11) is -2.58. The zero-order valence-electron chi connectivity index (χ0n) is 16.3. The van der Waals surface area contributed by atoms with Crippen molar-refractivity contribution in [2.24, 2.45) is 0 Å². The van der Waals surface area contributed by atoms with Gasteiger partial charge < -0.3 is 14.8 Å². The quantitative estimate of drug-likeness (QED) is 0.320. The summed E-state index contributed by atoms with van der Waals surface area (Å²) in [6.45, 7) is 0.537. The van der Waals surface area contributed by atoms with E-state index in [9.17, 15) is 28.1 Å². The van der Waals surface area contributed by atoms with Crippen molar-refractivity contribution >= 4 is 44.9 Å². The molecule has 0 fully saturated rings. The van der Waals surface area contributed by atoms with Crippen LogP contribution in [0, 0.1) is 10.1 Å². The van der Waals surface area contributed by atoms with E-state index in [1.165, 1.54) is 44.4 Å². The smallest absolute Gasteiger partial charge is 0.324 e. The van der Waals surface area contributed by atoms with Crippen LogP contribution in [-0.2, 0) is 24.3 Å². The normalized spacial score (nSPS) is 12.0. The summed E-state index contributed by atoms with van der Waals surface area (Å²) in [4.78, 5) is 34.0. The van der Waals surface area contributed by atoms with Crippen LogP contribution >= 0.6 is 11.6 Å². The first-order chi connectivity index (χ1) is 14.5. The lowest BCUT2D eigenvalue weighted by Gasteiger charge is -2.14. The van der Waals surface area contributed by atoms with Gasteiger partial charge in [-0.05, 0) is 37.3 Å². The van der Waals surface area contributed by atoms with E-state index in [1.54, 1.807) is 0 Å². The lowest BCUT2D eigenvalue weighted by molar-refractivity contribution is -0.384. The standard InChI is InChI=1S/C18H18ClN3O8S/c1-11(21-31(27,28)14-6-4-13(29-2)5-7-14)18(24)30-10-17(23)20-16-8-3-12(22(25)26)9-15(16)19/h3-9,11,21H,10H2,1-2H3,(H,20,23). The van der Waals surface area contributed by atoms with E-state index < -0.39 is 39.5 Å². The lowest BCUT2D eigenvalue weighted by Crippen LogP contribution is -2.40. The van der Waals surface area contributed by atoms with Crippen LogP contribution in [0.1, 0.15) is 6.92 Å². The Morgan fingerprint density at radius 1 is 1.19 bits per heavy atom. The number of methoxy groups -OCH3 is 1. The Bertz CT molecular complexity index is 1090. The maximum atomic E-state index is 12.3. The van der Waals surface area contributed by atoms with Gasteiger partial charge in [-0.25, -0.2) is 8.42 Å². The van der Waals surface area contributed by atoms with Crippen LogP contribution in [0.2, 0.25) is 5.02 Å². The van der Waals surface area contributed by atoms with E-state index in [1.807, 2.05) is 0 Å². The molecule has 0 aliphatic heterocycles. The van der Waals surface area contributed by atoms with Gasteiger partial charge in [0.2, 0.25) is 10.0 Å². The minimum atomic E-state index is -4.01. The van der Waals surface area contributed by atoms with Crippen molar-refractivity contribution in [1.82, 2.24) is 4.72 Å². The summed E-state index contributed by atoms with van der Waals surface area (Å²) < 4.78 is 36.6. The fourth-order valence-electron chi connectivity index (χ4n) is 2.27. The maximum Gasteiger partial charge on any atom is 0.324 e. The third-order valence-corrected chi connectivity index (χ3v) is 5.71. The molecular formula is C18H18ClN3O8S. The molecule has 2 rings (SSSR count).